The maximum atomic E-state index is 4.73. The van der Waals surface area contributed by atoms with E-state index in [0.717, 1.165) is 31.1 Å². The molecule has 1 N–H and O–H groups in total. The van der Waals surface area contributed by atoms with Crippen molar-refractivity contribution in [2.45, 2.75) is 58.0 Å². The van der Waals surface area contributed by atoms with Crippen LogP contribution in [0.25, 0.3) is 11.0 Å². The van der Waals surface area contributed by atoms with Gasteiger partial charge in [-0.05, 0) is 37.9 Å². The molecule has 1 aliphatic rings. The third-order valence-corrected chi connectivity index (χ3v) is 4.40. The van der Waals surface area contributed by atoms with E-state index >= 15 is 0 Å². The Morgan fingerprint density at radius 3 is 2.85 bits per heavy atom. The predicted molar refractivity (Wildman–Crippen MR) is 84.0 cm³/mol. The van der Waals surface area contributed by atoms with Crippen LogP contribution in [0.15, 0.2) is 24.3 Å². The lowest BCUT2D eigenvalue weighted by atomic mass is 10.2. The number of para-hydroxylation sites is 2. The van der Waals surface area contributed by atoms with Crippen LogP contribution in [0, 0.1) is 0 Å². The molecule has 0 bridgehead atoms. The summed E-state index contributed by atoms with van der Waals surface area (Å²) in [5.74, 6) is 1.21. The SMILES string of the molecule is CCc1nc2ccccc2n1CCCNC1CCCC1. The van der Waals surface area contributed by atoms with Gasteiger partial charge in [0.25, 0.3) is 0 Å². The molecule has 2 aromatic rings. The Morgan fingerprint density at radius 1 is 1.25 bits per heavy atom. The first kappa shape index (κ1) is 13.6. The van der Waals surface area contributed by atoms with Gasteiger partial charge in [0.1, 0.15) is 5.82 Å². The van der Waals surface area contributed by atoms with E-state index in [2.05, 4.69) is 41.1 Å². The van der Waals surface area contributed by atoms with Crippen LogP contribution in [-0.4, -0.2) is 22.1 Å². The van der Waals surface area contributed by atoms with Gasteiger partial charge in [0.2, 0.25) is 0 Å². The second-order valence-corrected chi connectivity index (χ2v) is 5.81. The lowest BCUT2D eigenvalue weighted by Gasteiger charge is -2.13. The molecule has 3 nitrogen and oxygen atoms in total. The average molecular weight is 271 g/mol. The molecule has 1 aromatic carbocycles. The highest BCUT2D eigenvalue weighted by molar-refractivity contribution is 5.75. The standard InChI is InChI=1S/C17H25N3/c1-2-17-19-15-10-5-6-11-16(15)20(17)13-7-12-18-14-8-3-4-9-14/h5-6,10-11,14,18H,2-4,7-9,12-13H2,1H3. The molecule has 0 atom stereocenters. The second kappa shape index (κ2) is 6.40. The van der Waals surface area contributed by atoms with Crippen molar-refractivity contribution >= 4 is 11.0 Å². The molecule has 0 radical (unpaired) electrons. The highest BCUT2D eigenvalue weighted by Gasteiger charge is 2.13. The van der Waals surface area contributed by atoms with Gasteiger partial charge in [0, 0.05) is 19.0 Å². The fourth-order valence-corrected chi connectivity index (χ4v) is 3.32. The van der Waals surface area contributed by atoms with Gasteiger partial charge in [-0.25, -0.2) is 4.98 Å². The minimum Gasteiger partial charge on any atom is -0.328 e. The Morgan fingerprint density at radius 2 is 2.05 bits per heavy atom. The summed E-state index contributed by atoms with van der Waals surface area (Å²) in [6, 6.07) is 9.26. The summed E-state index contributed by atoms with van der Waals surface area (Å²) in [4.78, 5) is 4.73. The quantitative estimate of drug-likeness (QED) is 0.815. The van der Waals surface area contributed by atoms with Crippen molar-refractivity contribution in [1.29, 1.82) is 0 Å². The van der Waals surface area contributed by atoms with Gasteiger partial charge in [0.15, 0.2) is 0 Å². The van der Waals surface area contributed by atoms with Crippen LogP contribution in [0.2, 0.25) is 0 Å². The number of hydrogen-bond acceptors (Lipinski definition) is 2. The van der Waals surface area contributed by atoms with Crippen LogP contribution in [0.1, 0.15) is 44.9 Å². The summed E-state index contributed by atoms with van der Waals surface area (Å²) < 4.78 is 2.39. The van der Waals surface area contributed by atoms with E-state index in [0.29, 0.717) is 0 Å². The molecule has 20 heavy (non-hydrogen) atoms. The summed E-state index contributed by atoms with van der Waals surface area (Å²) in [5, 5.41) is 3.70. The Hall–Kier alpha value is -1.35. The van der Waals surface area contributed by atoms with E-state index in [1.807, 2.05) is 0 Å². The topological polar surface area (TPSA) is 29.9 Å². The minimum atomic E-state index is 0.778. The lowest BCUT2D eigenvalue weighted by molar-refractivity contribution is 0.494. The Kier molecular flexibility index (Phi) is 4.36. The fraction of sp³-hybridized carbons (Fsp3) is 0.588. The molecule has 0 aliphatic heterocycles. The van der Waals surface area contributed by atoms with Gasteiger partial charge in [-0.1, -0.05) is 31.9 Å². The van der Waals surface area contributed by atoms with Gasteiger partial charge in [-0.15, -0.1) is 0 Å². The number of benzene rings is 1. The molecule has 1 heterocycles. The van der Waals surface area contributed by atoms with Gasteiger partial charge in [0.05, 0.1) is 11.0 Å². The van der Waals surface area contributed by atoms with Crippen molar-refractivity contribution in [2.75, 3.05) is 6.54 Å². The van der Waals surface area contributed by atoms with E-state index in [9.17, 15) is 0 Å². The zero-order chi connectivity index (χ0) is 13.8. The maximum absolute atomic E-state index is 4.73. The van der Waals surface area contributed by atoms with Gasteiger partial charge in [-0.3, -0.25) is 0 Å². The van der Waals surface area contributed by atoms with Crippen LogP contribution < -0.4 is 5.32 Å². The van der Waals surface area contributed by atoms with E-state index in [-0.39, 0.29) is 0 Å². The van der Waals surface area contributed by atoms with E-state index in [1.54, 1.807) is 0 Å². The van der Waals surface area contributed by atoms with E-state index in [1.165, 1.54) is 43.4 Å². The Bertz CT molecular complexity index is 552. The van der Waals surface area contributed by atoms with Crippen molar-refractivity contribution in [1.82, 2.24) is 14.9 Å². The van der Waals surface area contributed by atoms with Crippen LogP contribution in [0.5, 0.6) is 0 Å². The molecule has 0 saturated heterocycles. The Labute approximate surface area is 121 Å². The van der Waals surface area contributed by atoms with Crippen LogP contribution in [0.4, 0.5) is 0 Å². The molecule has 1 aliphatic carbocycles. The zero-order valence-corrected chi connectivity index (χ0v) is 12.4. The van der Waals surface area contributed by atoms with E-state index < -0.39 is 0 Å². The molecular formula is C17H25N3. The molecule has 1 saturated carbocycles. The minimum absolute atomic E-state index is 0.778. The van der Waals surface area contributed by atoms with Crippen molar-refractivity contribution in [2.24, 2.45) is 0 Å². The van der Waals surface area contributed by atoms with Gasteiger partial charge >= 0.3 is 0 Å². The summed E-state index contributed by atoms with van der Waals surface area (Å²) in [6.07, 6.45) is 7.74. The first-order valence-electron chi connectivity index (χ1n) is 8.06. The first-order valence-corrected chi connectivity index (χ1v) is 8.06. The molecule has 0 unspecified atom stereocenters. The highest BCUT2D eigenvalue weighted by atomic mass is 15.1. The normalized spacial score (nSPS) is 16.2. The molecule has 0 spiro atoms. The highest BCUT2D eigenvalue weighted by Crippen LogP contribution is 2.18. The number of nitrogens with zero attached hydrogens (tertiary/aromatic N) is 2. The third kappa shape index (κ3) is 2.88. The first-order chi connectivity index (χ1) is 9.88. The van der Waals surface area contributed by atoms with Crippen LogP contribution in [0.3, 0.4) is 0 Å². The van der Waals surface area contributed by atoms with Crippen molar-refractivity contribution in [3.8, 4) is 0 Å². The van der Waals surface area contributed by atoms with Crippen LogP contribution in [-0.2, 0) is 13.0 Å². The maximum Gasteiger partial charge on any atom is 0.109 e. The molecule has 0 amide bonds. The third-order valence-electron chi connectivity index (χ3n) is 4.40. The van der Waals surface area contributed by atoms with E-state index in [4.69, 9.17) is 4.98 Å². The molecule has 108 valence electrons. The number of aromatic nitrogens is 2. The smallest absolute Gasteiger partial charge is 0.109 e. The predicted octanol–water partition coefficient (Wildman–Crippen LogP) is 3.52. The fourth-order valence-electron chi connectivity index (χ4n) is 3.32. The summed E-state index contributed by atoms with van der Waals surface area (Å²) in [6.45, 7) is 4.39. The molecule has 3 heteroatoms. The number of hydrogen-bond donors (Lipinski definition) is 1. The summed E-state index contributed by atoms with van der Waals surface area (Å²) in [7, 11) is 0. The van der Waals surface area contributed by atoms with Crippen molar-refractivity contribution in [3.63, 3.8) is 0 Å². The number of imidazole rings is 1. The van der Waals surface area contributed by atoms with Crippen molar-refractivity contribution in [3.05, 3.63) is 30.1 Å². The van der Waals surface area contributed by atoms with Gasteiger partial charge < -0.3 is 9.88 Å². The molecule has 1 fully saturated rings. The lowest BCUT2D eigenvalue weighted by Crippen LogP contribution is -2.27. The number of nitrogens with one attached hydrogen (secondary N) is 1. The molecule has 3 rings (SSSR count). The van der Waals surface area contributed by atoms with Crippen LogP contribution >= 0.6 is 0 Å². The van der Waals surface area contributed by atoms with Gasteiger partial charge in [-0.2, -0.15) is 0 Å². The summed E-state index contributed by atoms with van der Waals surface area (Å²) in [5.41, 5.74) is 2.42. The zero-order valence-electron chi connectivity index (χ0n) is 12.4. The average Bonchev–Trinajstić information content (AvgIpc) is 3.11. The summed E-state index contributed by atoms with van der Waals surface area (Å²) >= 11 is 0. The van der Waals surface area contributed by atoms with Crippen molar-refractivity contribution < 1.29 is 0 Å². The largest absolute Gasteiger partial charge is 0.328 e. The number of rotatable bonds is 6. The number of fused-ring (bicyclic) bond motifs is 1. The second-order valence-electron chi connectivity index (χ2n) is 5.81. The Balaban J connectivity index is 1.61. The monoisotopic (exact) mass is 271 g/mol. The number of aryl methyl sites for hydroxylation is 2. The molecule has 1 aromatic heterocycles. The molecular weight excluding hydrogens is 246 g/mol.